The fourth-order valence-electron chi connectivity index (χ4n) is 1.54. The van der Waals surface area contributed by atoms with Gasteiger partial charge in [-0.2, -0.15) is 0 Å². The number of hydrogen-bond donors (Lipinski definition) is 2. The molecule has 0 aliphatic rings. The van der Waals surface area contributed by atoms with E-state index in [2.05, 4.69) is 26.6 Å². The van der Waals surface area contributed by atoms with E-state index in [9.17, 15) is 14.4 Å². The second-order valence-corrected chi connectivity index (χ2v) is 7.35. The van der Waals surface area contributed by atoms with Crippen LogP contribution >= 0.6 is 27.7 Å². The first-order chi connectivity index (χ1) is 11.4. The van der Waals surface area contributed by atoms with Crippen molar-refractivity contribution in [3.8, 4) is 0 Å². The number of thioether (sulfide) groups is 1. The van der Waals surface area contributed by atoms with Crippen molar-refractivity contribution in [3.63, 3.8) is 0 Å². The predicted molar refractivity (Wildman–Crippen MR) is 96.8 cm³/mol. The molecule has 0 heterocycles. The Balaban J connectivity index is 2.17. The minimum absolute atomic E-state index is 0.0928. The molecule has 0 saturated heterocycles. The van der Waals surface area contributed by atoms with Crippen LogP contribution in [0.1, 0.15) is 20.3 Å². The number of amides is 3. The molecule has 1 aromatic rings. The monoisotopic (exact) mass is 416 g/mol. The van der Waals surface area contributed by atoms with Crippen LogP contribution in [-0.2, 0) is 14.3 Å². The molecule has 2 N–H and O–H groups in total. The molecule has 0 radical (unpaired) electrons. The van der Waals surface area contributed by atoms with Gasteiger partial charge in [0.05, 0.1) is 5.75 Å². The zero-order valence-electron chi connectivity index (χ0n) is 13.6. The third-order valence-corrected chi connectivity index (χ3v) is 4.31. The summed E-state index contributed by atoms with van der Waals surface area (Å²) in [6, 6.07) is 6.91. The van der Waals surface area contributed by atoms with E-state index in [0.29, 0.717) is 12.5 Å². The number of carbonyl (C=O) groups is 3. The molecule has 0 aliphatic carbocycles. The number of rotatable bonds is 8. The highest BCUT2D eigenvalue weighted by Gasteiger charge is 2.11. The fraction of sp³-hybridized carbons (Fsp3) is 0.438. The van der Waals surface area contributed by atoms with Crippen molar-refractivity contribution in [1.82, 2.24) is 10.6 Å². The number of benzene rings is 1. The van der Waals surface area contributed by atoms with Gasteiger partial charge in [-0.1, -0.05) is 29.8 Å². The normalized spacial score (nSPS) is 10.3. The fourth-order valence-corrected chi connectivity index (χ4v) is 2.50. The summed E-state index contributed by atoms with van der Waals surface area (Å²) in [4.78, 5) is 35.4. The number of carbonyl (C=O) groups excluding carboxylic acids is 3. The first-order valence-electron chi connectivity index (χ1n) is 7.48. The van der Waals surface area contributed by atoms with Crippen molar-refractivity contribution < 1.29 is 19.1 Å². The van der Waals surface area contributed by atoms with Crippen molar-refractivity contribution in [2.45, 2.75) is 25.2 Å². The van der Waals surface area contributed by atoms with Gasteiger partial charge in [0.1, 0.15) is 0 Å². The average molecular weight is 417 g/mol. The second-order valence-electron chi connectivity index (χ2n) is 5.39. The maximum absolute atomic E-state index is 11.6. The van der Waals surface area contributed by atoms with Crippen LogP contribution in [0.2, 0.25) is 0 Å². The molecule has 0 atom stereocenters. The van der Waals surface area contributed by atoms with Crippen LogP contribution in [0.3, 0.4) is 0 Å². The third-order valence-electron chi connectivity index (χ3n) is 2.79. The van der Waals surface area contributed by atoms with Crippen molar-refractivity contribution in [1.29, 1.82) is 0 Å². The van der Waals surface area contributed by atoms with Crippen molar-refractivity contribution in [3.05, 3.63) is 28.7 Å². The van der Waals surface area contributed by atoms with Crippen LogP contribution < -0.4 is 10.6 Å². The largest absolute Gasteiger partial charge is 0.455 e. The van der Waals surface area contributed by atoms with E-state index in [1.165, 1.54) is 11.8 Å². The Morgan fingerprint density at radius 2 is 1.88 bits per heavy atom. The average Bonchev–Trinajstić information content (AvgIpc) is 2.52. The number of nitrogens with one attached hydrogen (secondary N) is 2. The molecule has 0 aromatic heterocycles. The van der Waals surface area contributed by atoms with Crippen LogP contribution in [0.5, 0.6) is 0 Å². The highest BCUT2D eigenvalue weighted by molar-refractivity contribution is 9.10. The number of urea groups is 1. The van der Waals surface area contributed by atoms with E-state index in [1.807, 2.05) is 38.1 Å². The molecular formula is C16H21BrN2O4S. The molecule has 0 saturated carbocycles. The SMILES string of the molecule is CC(C)CCNC(=O)NC(=O)COC(=O)CSc1ccc(Br)cc1. The standard InChI is InChI=1S/C16H21BrN2O4S/c1-11(2)7-8-18-16(22)19-14(20)9-23-15(21)10-24-13-5-3-12(17)4-6-13/h3-6,11H,7-10H2,1-2H3,(H2,18,19,20,22). The van der Waals surface area contributed by atoms with Crippen LogP contribution in [0.25, 0.3) is 0 Å². The number of esters is 1. The summed E-state index contributed by atoms with van der Waals surface area (Å²) in [5.74, 6) is -0.613. The topological polar surface area (TPSA) is 84.5 Å². The van der Waals surface area contributed by atoms with Crippen LogP contribution in [0.15, 0.2) is 33.6 Å². The van der Waals surface area contributed by atoms with Gasteiger partial charge in [-0.15, -0.1) is 11.8 Å². The maximum atomic E-state index is 11.6. The first-order valence-corrected chi connectivity index (χ1v) is 9.26. The molecule has 132 valence electrons. The molecule has 24 heavy (non-hydrogen) atoms. The lowest BCUT2D eigenvalue weighted by atomic mass is 10.1. The van der Waals surface area contributed by atoms with E-state index in [0.717, 1.165) is 15.8 Å². The summed E-state index contributed by atoms with van der Waals surface area (Å²) in [7, 11) is 0. The van der Waals surface area contributed by atoms with Crippen LogP contribution in [0, 0.1) is 5.92 Å². The van der Waals surface area contributed by atoms with E-state index in [1.54, 1.807) is 0 Å². The molecule has 6 nitrogen and oxygen atoms in total. The van der Waals surface area contributed by atoms with Crippen molar-refractivity contribution >= 4 is 45.6 Å². The van der Waals surface area contributed by atoms with E-state index in [4.69, 9.17) is 4.74 Å². The molecule has 0 bridgehead atoms. The van der Waals surface area contributed by atoms with Crippen molar-refractivity contribution in [2.24, 2.45) is 5.92 Å². The zero-order valence-corrected chi connectivity index (χ0v) is 16.0. The minimum atomic E-state index is -0.654. The van der Waals surface area contributed by atoms with Gasteiger partial charge in [0.25, 0.3) is 5.91 Å². The summed E-state index contributed by atoms with van der Waals surface area (Å²) in [5.41, 5.74) is 0. The Morgan fingerprint density at radius 1 is 1.21 bits per heavy atom. The maximum Gasteiger partial charge on any atom is 0.321 e. The lowest BCUT2D eigenvalue weighted by molar-refractivity contribution is -0.145. The van der Waals surface area contributed by atoms with Gasteiger partial charge >= 0.3 is 12.0 Å². The number of hydrogen-bond acceptors (Lipinski definition) is 5. The molecular weight excluding hydrogens is 396 g/mol. The molecule has 0 unspecified atom stereocenters. The zero-order chi connectivity index (χ0) is 17.9. The number of ether oxygens (including phenoxy) is 1. The Morgan fingerprint density at radius 3 is 2.50 bits per heavy atom. The van der Waals surface area contributed by atoms with Gasteiger partial charge < -0.3 is 10.1 Å². The molecule has 0 spiro atoms. The van der Waals surface area contributed by atoms with E-state index < -0.39 is 24.5 Å². The Hall–Kier alpha value is -1.54. The van der Waals surface area contributed by atoms with Crippen LogP contribution in [0.4, 0.5) is 4.79 Å². The molecule has 0 aliphatic heterocycles. The Labute approximate surface area is 154 Å². The highest BCUT2D eigenvalue weighted by atomic mass is 79.9. The lowest BCUT2D eigenvalue weighted by Gasteiger charge is -2.08. The molecule has 1 aromatic carbocycles. The van der Waals surface area contributed by atoms with Crippen LogP contribution in [-0.4, -0.2) is 36.8 Å². The molecule has 1 rings (SSSR count). The minimum Gasteiger partial charge on any atom is -0.455 e. The Kier molecular flexibility index (Phi) is 9.48. The predicted octanol–water partition coefficient (Wildman–Crippen LogP) is 2.96. The number of halogens is 1. The summed E-state index contributed by atoms with van der Waals surface area (Å²) in [5, 5.41) is 4.68. The van der Waals surface area contributed by atoms with Gasteiger partial charge in [0, 0.05) is 15.9 Å². The molecule has 8 heteroatoms. The van der Waals surface area contributed by atoms with Gasteiger partial charge in [-0.3, -0.25) is 14.9 Å². The van der Waals surface area contributed by atoms with Crippen molar-refractivity contribution in [2.75, 3.05) is 18.9 Å². The second kappa shape index (κ2) is 11.1. The Bertz CT molecular complexity index is 564. The summed E-state index contributed by atoms with van der Waals surface area (Å²) >= 11 is 4.64. The van der Waals surface area contributed by atoms with Gasteiger partial charge in [0.15, 0.2) is 6.61 Å². The van der Waals surface area contributed by atoms with E-state index in [-0.39, 0.29) is 5.75 Å². The van der Waals surface area contributed by atoms with E-state index >= 15 is 0 Å². The van der Waals surface area contributed by atoms with Gasteiger partial charge in [0.2, 0.25) is 0 Å². The summed E-state index contributed by atoms with van der Waals surface area (Å²) in [6.07, 6.45) is 0.823. The highest BCUT2D eigenvalue weighted by Crippen LogP contribution is 2.20. The van der Waals surface area contributed by atoms with Gasteiger partial charge in [-0.05, 0) is 36.6 Å². The summed E-state index contributed by atoms with van der Waals surface area (Å²) < 4.78 is 5.79. The molecule has 0 fully saturated rings. The third kappa shape index (κ3) is 9.57. The summed E-state index contributed by atoms with van der Waals surface area (Å²) in [6.45, 7) is 4.09. The van der Waals surface area contributed by atoms with Gasteiger partial charge in [-0.25, -0.2) is 4.79 Å². The lowest BCUT2D eigenvalue weighted by Crippen LogP contribution is -2.42. The smallest absolute Gasteiger partial charge is 0.321 e. The number of imide groups is 1. The quantitative estimate of drug-likeness (QED) is 0.502. The molecule has 3 amide bonds. The first kappa shape index (κ1) is 20.5.